The molecular formula is C22H37N3O3. The van der Waals surface area contributed by atoms with Crippen LogP contribution in [0.3, 0.4) is 0 Å². The van der Waals surface area contributed by atoms with E-state index in [0.717, 1.165) is 36.8 Å². The number of aliphatic imine (C=N–C) groups is 1. The molecule has 0 radical (unpaired) electrons. The number of methoxy groups -OCH3 is 1. The number of nitrogens with zero attached hydrogens (tertiary/aromatic N) is 1. The zero-order valence-electron chi connectivity index (χ0n) is 18.1. The second-order valence-corrected chi connectivity index (χ2v) is 8.30. The van der Waals surface area contributed by atoms with Crippen LogP contribution in [0.1, 0.15) is 39.2 Å². The maximum atomic E-state index is 6.06. The lowest BCUT2D eigenvalue weighted by Crippen LogP contribution is -2.47. The van der Waals surface area contributed by atoms with E-state index in [1.165, 1.54) is 6.42 Å². The molecule has 6 nitrogen and oxygen atoms in total. The fraction of sp³-hybridized carbons (Fsp3) is 0.682. The fourth-order valence-corrected chi connectivity index (χ4v) is 3.70. The number of para-hydroxylation sites is 1. The van der Waals surface area contributed by atoms with Crippen LogP contribution in [0.25, 0.3) is 0 Å². The van der Waals surface area contributed by atoms with Crippen molar-refractivity contribution in [1.82, 2.24) is 10.6 Å². The highest BCUT2D eigenvalue weighted by atomic mass is 16.5. The average Bonchev–Trinajstić information content (AvgIpc) is 2.69. The number of hydrogen-bond donors (Lipinski definition) is 2. The minimum absolute atomic E-state index is 0.149. The van der Waals surface area contributed by atoms with Crippen molar-refractivity contribution in [3.05, 3.63) is 29.8 Å². The van der Waals surface area contributed by atoms with E-state index in [2.05, 4.69) is 36.4 Å². The molecule has 1 aliphatic rings. The first-order chi connectivity index (χ1) is 13.5. The summed E-state index contributed by atoms with van der Waals surface area (Å²) >= 11 is 0. The molecule has 0 aliphatic carbocycles. The lowest BCUT2D eigenvalue weighted by molar-refractivity contribution is -0.0835. The van der Waals surface area contributed by atoms with Gasteiger partial charge in [-0.3, -0.25) is 4.99 Å². The Balaban J connectivity index is 1.70. The highest BCUT2D eigenvalue weighted by Crippen LogP contribution is 2.33. The molecule has 0 saturated carbocycles. The average molecular weight is 392 g/mol. The maximum Gasteiger partial charge on any atom is 0.191 e. The third kappa shape index (κ3) is 6.99. The van der Waals surface area contributed by atoms with Gasteiger partial charge in [-0.25, -0.2) is 0 Å². The SMILES string of the molecule is CN=C(NCCOCc1ccccc1OC)NCC1CCCOC1C(C)(C)C. The minimum Gasteiger partial charge on any atom is -0.496 e. The molecule has 28 heavy (non-hydrogen) atoms. The number of rotatable bonds is 8. The molecule has 2 N–H and O–H groups in total. The van der Waals surface area contributed by atoms with Crippen molar-refractivity contribution in [3.63, 3.8) is 0 Å². The standard InChI is InChI=1S/C22H37N3O3/c1-22(2,3)20-17(10-8-13-28-20)15-25-21(23-4)24-12-14-27-16-18-9-6-7-11-19(18)26-5/h6-7,9,11,17,20H,8,10,12-16H2,1-5H3,(H2,23,24,25). The summed E-state index contributed by atoms with van der Waals surface area (Å²) in [6.07, 6.45) is 2.59. The Kier molecular flexibility index (Phi) is 9.06. The van der Waals surface area contributed by atoms with Crippen LogP contribution >= 0.6 is 0 Å². The van der Waals surface area contributed by atoms with Crippen molar-refractivity contribution in [2.24, 2.45) is 16.3 Å². The van der Waals surface area contributed by atoms with Crippen molar-refractivity contribution in [3.8, 4) is 5.75 Å². The Bertz CT molecular complexity index is 613. The summed E-state index contributed by atoms with van der Waals surface area (Å²) in [5, 5.41) is 6.77. The van der Waals surface area contributed by atoms with Gasteiger partial charge in [0.25, 0.3) is 0 Å². The second kappa shape index (κ2) is 11.3. The molecule has 0 spiro atoms. The molecule has 0 amide bonds. The van der Waals surface area contributed by atoms with Crippen molar-refractivity contribution in [2.45, 2.75) is 46.3 Å². The van der Waals surface area contributed by atoms with Crippen LogP contribution in [0.5, 0.6) is 5.75 Å². The van der Waals surface area contributed by atoms with Crippen LogP contribution in [0.4, 0.5) is 0 Å². The predicted octanol–water partition coefficient (Wildman–Crippen LogP) is 3.22. The first-order valence-corrected chi connectivity index (χ1v) is 10.2. The Morgan fingerprint density at radius 3 is 2.75 bits per heavy atom. The summed E-state index contributed by atoms with van der Waals surface area (Å²) in [5.74, 6) is 2.16. The third-order valence-electron chi connectivity index (χ3n) is 5.04. The molecule has 2 atom stereocenters. The Labute approximate surface area is 170 Å². The van der Waals surface area contributed by atoms with Gasteiger partial charge in [0.15, 0.2) is 5.96 Å². The molecule has 0 bridgehead atoms. The van der Waals surface area contributed by atoms with Gasteiger partial charge in [-0.15, -0.1) is 0 Å². The number of benzene rings is 1. The quantitative estimate of drug-likeness (QED) is 0.405. The van der Waals surface area contributed by atoms with E-state index >= 15 is 0 Å². The van der Waals surface area contributed by atoms with Crippen molar-refractivity contribution < 1.29 is 14.2 Å². The van der Waals surface area contributed by atoms with Gasteiger partial charge in [0.1, 0.15) is 5.75 Å². The number of nitrogens with one attached hydrogen (secondary N) is 2. The molecule has 6 heteroatoms. The Morgan fingerprint density at radius 1 is 1.25 bits per heavy atom. The molecular weight excluding hydrogens is 354 g/mol. The summed E-state index contributed by atoms with van der Waals surface area (Å²) in [4.78, 5) is 4.32. The monoisotopic (exact) mass is 391 g/mol. The van der Waals surface area contributed by atoms with Crippen LogP contribution in [0.15, 0.2) is 29.3 Å². The van der Waals surface area contributed by atoms with Gasteiger partial charge in [-0.1, -0.05) is 39.0 Å². The van der Waals surface area contributed by atoms with Crippen LogP contribution in [-0.4, -0.2) is 52.5 Å². The van der Waals surface area contributed by atoms with Crippen LogP contribution in [0.2, 0.25) is 0 Å². The van der Waals surface area contributed by atoms with E-state index in [4.69, 9.17) is 14.2 Å². The molecule has 1 heterocycles. The highest BCUT2D eigenvalue weighted by molar-refractivity contribution is 5.79. The lowest BCUT2D eigenvalue weighted by atomic mass is 9.78. The molecule has 1 saturated heterocycles. The molecule has 158 valence electrons. The number of guanidine groups is 1. The van der Waals surface area contributed by atoms with E-state index < -0.39 is 0 Å². The van der Waals surface area contributed by atoms with E-state index in [0.29, 0.717) is 25.7 Å². The summed E-state index contributed by atoms with van der Waals surface area (Å²) in [7, 11) is 3.47. The second-order valence-electron chi connectivity index (χ2n) is 8.30. The van der Waals surface area contributed by atoms with Gasteiger partial charge in [0.05, 0.1) is 26.4 Å². The first kappa shape index (κ1) is 22.5. The van der Waals surface area contributed by atoms with E-state index in [1.807, 2.05) is 24.3 Å². The molecule has 1 aromatic rings. The van der Waals surface area contributed by atoms with E-state index in [9.17, 15) is 0 Å². The van der Waals surface area contributed by atoms with Crippen LogP contribution in [0, 0.1) is 11.3 Å². The van der Waals surface area contributed by atoms with Crippen molar-refractivity contribution in [2.75, 3.05) is 40.5 Å². The van der Waals surface area contributed by atoms with Gasteiger partial charge in [0.2, 0.25) is 0 Å². The summed E-state index contributed by atoms with van der Waals surface area (Å²) in [6.45, 7) is 10.3. The third-order valence-corrected chi connectivity index (χ3v) is 5.04. The molecule has 1 aromatic carbocycles. The lowest BCUT2D eigenvalue weighted by Gasteiger charge is -2.40. The Hall–Kier alpha value is -1.79. The molecule has 0 aromatic heterocycles. The van der Waals surface area contributed by atoms with E-state index in [-0.39, 0.29) is 11.5 Å². The number of ether oxygens (including phenoxy) is 3. The molecule has 2 unspecified atom stereocenters. The van der Waals surface area contributed by atoms with Crippen LogP contribution in [-0.2, 0) is 16.1 Å². The smallest absolute Gasteiger partial charge is 0.191 e. The zero-order valence-corrected chi connectivity index (χ0v) is 18.1. The predicted molar refractivity (Wildman–Crippen MR) is 114 cm³/mol. The summed E-state index contributed by atoms with van der Waals surface area (Å²) in [5.41, 5.74) is 1.20. The topological polar surface area (TPSA) is 64.1 Å². The van der Waals surface area contributed by atoms with Gasteiger partial charge >= 0.3 is 0 Å². The van der Waals surface area contributed by atoms with Crippen LogP contribution < -0.4 is 15.4 Å². The summed E-state index contributed by atoms with van der Waals surface area (Å²) in [6, 6.07) is 7.92. The molecule has 1 aliphatic heterocycles. The number of hydrogen-bond acceptors (Lipinski definition) is 4. The van der Waals surface area contributed by atoms with Gasteiger partial charge in [-0.05, 0) is 24.3 Å². The first-order valence-electron chi connectivity index (χ1n) is 10.2. The van der Waals surface area contributed by atoms with Crippen molar-refractivity contribution in [1.29, 1.82) is 0 Å². The Morgan fingerprint density at radius 2 is 2.04 bits per heavy atom. The largest absolute Gasteiger partial charge is 0.496 e. The minimum atomic E-state index is 0.149. The van der Waals surface area contributed by atoms with Crippen molar-refractivity contribution >= 4 is 5.96 Å². The fourth-order valence-electron chi connectivity index (χ4n) is 3.70. The normalized spacial score (nSPS) is 20.7. The molecule has 1 fully saturated rings. The van der Waals surface area contributed by atoms with E-state index in [1.54, 1.807) is 14.2 Å². The zero-order chi connectivity index (χ0) is 20.4. The summed E-state index contributed by atoms with van der Waals surface area (Å²) < 4.78 is 17.2. The van der Waals surface area contributed by atoms with Gasteiger partial charge < -0.3 is 24.8 Å². The van der Waals surface area contributed by atoms with Gasteiger partial charge in [-0.2, -0.15) is 0 Å². The highest BCUT2D eigenvalue weighted by Gasteiger charge is 2.35. The van der Waals surface area contributed by atoms with Gasteiger partial charge in [0, 0.05) is 38.2 Å². The maximum absolute atomic E-state index is 6.06. The molecule has 2 rings (SSSR count).